The Bertz CT molecular complexity index is 742. The number of nitrogens with zero attached hydrogens (tertiary/aromatic N) is 1. The molecule has 24 heavy (non-hydrogen) atoms. The van der Waals surface area contributed by atoms with Crippen molar-refractivity contribution < 1.29 is 17.6 Å². The van der Waals surface area contributed by atoms with Gasteiger partial charge in [0.05, 0.1) is 0 Å². The molecule has 1 aliphatic carbocycles. The smallest absolute Gasteiger partial charge is 0.247 e. The van der Waals surface area contributed by atoms with Crippen molar-refractivity contribution in [1.82, 2.24) is 9.62 Å². The summed E-state index contributed by atoms with van der Waals surface area (Å²) >= 11 is 0. The lowest BCUT2D eigenvalue weighted by Gasteiger charge is -2.27. The monoisotopic (exact) mass is 352 g/mol. The van der Waals surface area contributed by atoms with Crippen LogP contribution in [0.4, 0.5) is 4.39 Å². The molecule has 1 saturated carbocycles. The minimum absolute atomic E-state index is 0.0689. The van der Waals surface area contributed by atoms with Gasteiger partial charge < -0.3 is 5.32 Å². The van der Waals surface area contributed by atoms with E-state index in [4.69, 9.17) is 0 Å². The molecule has 5 nitrogen and oxygen atoms in total. The van der Waals surface area contributed by atoms with Crippen LogP contribution in [0.3, 0.4) is 0 Å². The Morgan fingerprint density at radius 2 is 1.88 bits per heavy atom. The summed E-state index contributed by atoms with van der Waals surface area (Å²) in [4.78, 5) is 12.1. The first kappa shape index (κ1) is 17.1. The first-order valence-electron chi connectivity index (χ1n) is 8.23. The molecule has 0 saturated heterocycles. The molecule has 1 N–H and O–H groups in total. The average Bonchev–Trinajstić information content (AvgIpc) is 3.06. The summed E-state index contributed by atoms with van der Waals surface area (Å²) in [6.45, 7) is 0.0689. The molecular formula is C17H21FN2O3S. The first-order chi connectivity index (χ1) is 11.5. The molecule has 1 amide bonds. The van der Waals surface area contributed by atoms with E-state index in [0.29, 0.717) is 0 Å². The predicted octanol–water partition coefficient (Wildman–Crippen LogP) is 2.20. The summed E-state index contributed by atoms with van der Waals surface area (Å²) in [6, 6.07) is 4.40. The lowest BCUT2D eigenvalue weighted by Crippen LogP contribution is -2.49. The number of rotatable bonds is 4. The minimum Gasteiger partial charge on any atom is -0.352 e. The molecule has 130 valence electrons. The summed E-state index contributed by atoms with van der Waals surface area (Å²) in [5.74, 6) is -1.15. The van der Waals surface area contributed by atoms with Gasteiger partial charge in [-0.25, -0.2) is 12.8 Å². The van der Waals surface area contributed by atoms with Crippen molar-refractivity contribution in [2.75, 3.05) is 6.54 Å². The molecule has 0 bridgehead atoms. The van der Waals surface area contributed by atoms with Crippen molar-refractivity contribution in [3.8, 4) is 0 Å². The van der Waals surface area contributed by atoms with Gasteiger partial charge in [0, 0.05) is 12.6 Å². The van der Waals surface area contributed by atoms with Gasteiger partial charge >= 0.3 is 0 Å². The zero-order valence-corrected chi connectivity index (χ0v) is 14.1. The van der Waals surface area contributed by atoms with E-state index < -0.39 is 26.8 Å². The highest BCUT2D eigenvalue weighted by Crippen LogP contribution is 2.25. The van der Waals surface area contributed by atoms with Crippen LogP contribution in [0.15, 0.2) is 41.3 Å². The standard InChI is InChI=1S/C17H21FN2O3S/c18-14-9-4-5-11-16(14)24(22,23)20-12-6-10-15(20)17(21)19-13-7-2-1-3-8-13/h4-6,9-11,13,15H,1-3,7-8,12H2,(H,19,21)/t15-/m0/s1. The number of carbonyl (C=O) groups excluding carboxylic acids is 1. The Labute approximate surface area is 141 Å². The zero-order chi connectivity index (χ0) is 17.2. The molecule has 2 aliphatic rings. The number of benzene rings is 1. The molecule has 3 rings (SSSR count). The molecule has 0 radical (unpaired) electrons. The van der Waals surface area contributed by atoms with Crippen LogP contribution in [0.2, 0.25) is 0 Å². The van der Waals surface area contributed by atoms with Gasteiger partial charge in [0.1, 0.15) is 16.8 Å². The lowest BCUT2D eigenvalue weighted by molar-refractivity contribution is -0.124. The van der Waals surface area contributed by atoms with Crippen LogP contribution in [-0.2, 0) is 14.8 Å². The normalized spacial score (nSPS) is 22.6. The predicted molar refractivity (Wildman–Crippen MR) is 88.2 cm³/mol. The van der Waals surface area contributed by atoms with E-state index in [-0.39, 0.29) is 18.5 Å². The van der Waals surface area contributed by atoms with Gasteiger partial charge in [0.15, 0.2) is 0 Å². The number of nitrogens with one attached hydrogen (secondary N) is 1. The number of halogens is 1. The van der Waals surface area contributed by atoms with Crippen molar-refractivity contribution in [3.05, 3.63) is 42.2 Å². The second kappa shape index (κ2) is 7.03. The Kier molecular flexibility index (Phi) is 5.01. The van der Waals surface area contributed by atoms with Crippen LogP contribution < -0.4 is 5.32 Å². The molecule has 1 fully saturated rings. The van der Waals surface area contributed by atoms with Gasteiger partial charge in [0.25, 0.3) is 0 Å². The maximum absolute atomic E-state index is 13.9. The Balaban J connectivity index is 1.78. The fourth-order valence-electron chi connectivity index (χ4n) is 3.28. The van der Waals surface area contributed by atoms with Gasteiger partial charge in [-0.05, 0) is 25.0 Å². The summed E-state index contributed by atoms with van der Waals surface area (Å²) in [5, 5.41) is 2.94. The lowest BCUT2D eigenvalue weighted by atomic mass is 9.95. The van der Waals surface area contributed by atoms with Crippen molar-refractivity contribution in [1.29, 1.82) is 0 Å². The quantitative estimate of drug-likeness (QED) is 0.845. The van der Waals surface area contributed by atoms with Gasteiger partial charge in [-0.15, -0.1) is 0 Å². The van der Waals surface area contributed by atoms with E-state index in [2.05, 4.69) is 5.32 Å². The number of amides is 1. The maximum Gasteiger partial charge on any atom is 0.247 e. The average molecular weight is 352 g/mol. The van der Waals surface area contributed by atoms with E-state index in [1.165, 1.54) is 24.6 Å². The molecule has 1 aromatic carbocycles. The van der Waals surface area contributed by atoms with Gasteiger partial charge in [0.2, 0.25) is 15.9 Å². The highest BCUT2D eigenvalue weighted by atomic mass is 32.2. The van der Waals surface area contributed by atoms with E-state index in [1.54, 1.807) is 12.2 Å². The summed E-state index contributed by atoms with van der Waals surface area (Å²) in [5.41, 5.74) is 0. The van der Waals surface area contributed by atoms with Gasteiger partial charge in [-0.3, -0.25) is 4.79 Å². The third-order valence-corrected chi connectivity index (χ3v) is 6.44. The van der Waals surface area contributed by atoms with Gasteiger partial charge in [-0.2, -0.15) is 4.31 Å². The van der Waals surface area contributed by atoms with E-state index in [1.807, 2.05) is 0 Å². The second-order valence-electron chi connectivity index (χ2n) is 6.22. The van der Waals surface area contributed by atoms with Crippen LogP contribution in [0.5, 0.6) is 0 Å². The highest BCUT2D eigenvalue weighted by Gasteiger charge is 2.38. The molecule has 1 heterocycles. The molecule has 7 heteroatoms. The number of hydrogen-bond donors (Lipinski definition) is 1. The van der Waals surface area contributed by atoms with Crippen LogP contribution in [0, 0.1) is 5.82 Å². The third-order valence-electron chi connectivity index (χ3n) is 4.56. The SMILES string of the molecule is O=C(NC1CCCCC1)[C@@H]1C=CCN1S(=O)(=O)c1ccccc1F. The zero-order valence-electron chi connectivity index (χ0n) is 13.3. The third kappa shape index (κ3) is 3.37. The molecule has 0 spiro atoms. The Hall–Kier alpha value is -1.73. The van der Waals surface area contributed by atoms with E-state index in [9.17, 15) is 17.6 Å². The Morgan fingerprint density at radius 1 is 1.17 bits per heavy atom. The van der Waals surface area contributed by atoms with Crippen molar-refractivity contribution >= 4 is 15.9 Å². The molecule has 0 unspecified atom stereocenters. The fraction of sp³-hybridized carbons (Fsp3) is 0.471. The van der Waals surface area contributed by atoms with E-state index >= 15 is 0 Å². The van der Waals surface area contributed by atoms with Crippen molar-refractivity contribution in [2.24, 2.45) is 0 Å². The van der Waals surface area contributed by atoms with Crippen LogP contribution in [-0.4, -0.2) is 37.3 Å². The molecule has 1 aromatic rings. The Morgan fingerprint density at radius 3 is 2.58 bits per heavy atom. The molecule has 1 aliphatic heterocycles. The number of sulfonamides is 1. The van der Waals surface area contributed by atoms with E-state index in [0.717, 1.165) is 36.1 Å². The maximum atomic E-state index is 13.9. The number of carbonyl (C=O) groups is 1. The van der Waals surface area contributed by atoms with Crippen LogP contribution in [0.1, 0.15) is 32.1 Å². The molecular weight excluding hydrogens is 331 g/mol. The second-order valence-corrected chi connectivity index (χ2v) is 8.08. The van der Waals surface area contributed by atoms with Crippen LogP contribution in [0.25, 0.3) is 0 Å². The minimum atomic E-state index is -4.07. The summed E-state index contributed by atoms with van der Waals surface area (Å²) in [6.07, 6.45) is 8.35. The van der Waals surface area contributed by atoms with Crippen molar-refractivity contribution in [2.45, 2.75) is 49.1 Å². The summed E-state index contributed by atoms with van der Waals surface area (Å²) < 4.78 is 40.4. The fourth-order valence-corrected chi connectivity index (χ4v) is 4.85. The number of hydrogen-bond acceptors (Lipinski definition) is 3. The van der Waals surface area contributed by atoms with Crippen molar-refractivity contribution in [3.63, 3.8) is 0 Å². The topological polar surface area (TPSA) is 66.5 Å². The highest BCUT2D eigenvalue weighted by molar-refractivity contribution is 7.89. The molecule has 1 atom stereocenters. The van der Waals surface area contributed by atoms with Crippen LogP contribution >= 0.6 is 0 Å². The first-order valence-corrected chi connectivity index (χ1v) is 9.67. The summed E-state index contributed by atoms with van der Waals surface area (Å²) in [7, 11) is -4.07. The molecule has 0 aromatic heterocycles. The van der Waals surface area contributed by atoms with Gasteiger partial charge in [-0.1, -0.05) is 43.5 Å². The largest absolute Gasteiger partial charge is 0.352 e.